The minimum atomic E-state index is -0.614. The van der Waals surface area contributed by atoms with Crippen LogP contribution < -0.4 is 0 Å². The normalized spacial score (nSPS) is 27.1. The molecule has 5 unspecified atom stereocenters. The SMILES string of the molecule is CCCC(C)(C)COCC(O)CN1CCN(CC(O)COCC(COCC2CO2)(COCC2CO2)COCC2CO2)CC1. The number of hydrogen-bond donors (Lipinski definition) is 2. The van der Waals surface area contributed by atoms with Crippen molar-refractivity contribution in [2.24, 2.45) is 10.8 Å². The van der Waals surface area contributed by atoms with Crippen LogP contribution >= 0.6 is 0 Å². The van der Waals surface area contributed by atoms with Crippen LogP contribution in [0.3, 0.4) is 0 Å². The van der Waals surface area contributed by atoms with Crippen molar-refractivity contribution >= 4 is 0 Å². The van der Waals surface area contributed by atoms with E-state index in [1.54, 1.807) is 0 Å². The van der Waals surface area contributed by atoms with E-state index in [0.29, 0.717) is 72.6 Å². The number of piperazine rings is 1. The highest BCUT2D eigenvalue weighted by Gasteiger charge is 2.36. The third kappa shape index (κ3) is 15.1. The maximum absolute atomic E-state index is 10.8. The quantitative estimate of drug-likeness (QED) is 0.130. The average molecular weight is 619 g/mol. The molecule has 4 fully saturated rings. The van der Waals surface area contributed by atoms with Crippen molar-refractivity contribution in [3.8, 4) is 0 Å². The van der Waals surface area contributed by atoms with Gasteiger partial charge in [0.15, 0.2) is 0 Å². The van der Waals surface area contributed by atoms with E-state index in [1.807, 2.05) is 0 Å². The predicted octanol–water partition coefficient (Wildman–Crippen LogP) is 0.418. The molecule has 5 atom stereocenters. The van der Waals surface area contributed by atoms with Gasteiger partial charge in [-0.05, 0) is 11.8 Å². The van der Waals surface area contributed by atoms with Gasteiger partial charge >= 0.3 is 0 Å². The van der Waals surface area contributed by atoms with E-state index in [9.17, 15) is 10.2 Å². The smallest absolute Gasteiger partial charge is 0.104 e. The molecule has 12 nitrogen and oxygen atoms in total. The minimum absolute atomic E-state index is 0.143. The second kappa shape index (κ2) is 18.0. The predicted molar refractivity (Wildman–Crippen MR) is 159 cm³/mol. The Morgan fingerprint density at radius 2 is 1.02 bits per heavy atom. The summed E-state index contributed by atoms with van der Waals surface area (Å²) in [4.78, 5) is 4.52. The number of aliphatic hydroxyl groups is 2. The first-order valence-corrected chi connectivity index (χ1v) is 16.3. The monoisotopic (exact) mass is 618 g/mol. The van der Waals surface area contributed by atoms with Crippen molar-refractivity contribution in [2.75, 3.05) is 125 Å². The van der Waals surface area contributed by atoms with Gasteiger partial charge in [-0.15, -0.1) is 0 Å². The highest BCUT2D eigenvalue weighted by Crippen LogP contribution is 2.25. The lowest BCUT2D eigenvalue weighted by molar-refractivity contribution is -0.118. The topological polar surface area (TPSA) is 131 Å². The summed E-state index contributed by atoms with van der Waals surface area (Å²) in [5.41, 5.74) is -0.371. The Morgan fingerprint density at radius 1 is 0.651 bits per heavy atom. The van der Waals surface area contributed by atoms with Crippen LogP contribution in [0.5, 0.6) is 0 Å². The summed E-state index contributed by atoms with van der Waals surface area (Å²) in [6.07, 6.45) is 1.64. The average Bonchev–Trinajstić information content (AvgIpc) is 3.79. The van der Waals surface area contributed by atoms with E-state index in [0.717, 1.165) is 58.8 Å². The van der Waals surface area contributed by atoms with Crippen LogP contribution in [0, 0.1) is 10.8 Å². The third-order valence-electron chi connectivity index (χ3n) is 8.19. The molecule has 4 aliphatic heterocycles. The van der Waals surface area contributed by atoms with Gasteiger partial charge in [0.05, 0.1) is 104 Å². The largest absolute Gasteiger partial charge is 0.389 e. The Balaban J connectivity index is 1.13. The third-order valence-corrected chi connectivity index (χ3v) is 8.19. The number of ether oxygens (including phenoxy) is 8. The van der Waals surface area contributed by atoms with Gasteiger partial charge < -0.3 is 48.1 Å². The second-order valence-corrected chi connectivity index (χ2v) is 13.8. The van der Waals surface area contributed by atoms with Gasteiger partial charge in [0.2, 0.25) is 0 Å². The maximum Gasteiger partial charge on any atom is 0.104 e. The van der Waals surface area contributed by atoms with E-state index in [4.69, 9.17) is 37.9 Å². The lowest BCUT2D eigenvalue weighted by atomic mass is 9.89. The van der Waals surface area contributed by atoms with Crippen LogP contribution in [0.1, 0.15) is 33.6 Å². The molecule has 0 spiro atoms. The van der Waals surface area contributed by atoms with Crippen LogP contribution in [0.4, 0.5) is 0 Å². The lowest BCUT2D eigenvalue weighted by Gasteiger charge is -2.37. The van der Waals surface area contributed by atoms with Crippen LogP contribution in [0.15, 0.2) is 0 Å². The number of nitrogens with zero attached hydrogens (tertiary/aromatic N) is 2. The van der Waals surface area contributed by atoms with Crippen LogP contribution in [0.2, 0.25) is 0 Å². The van der Waals surface area contributed by atoms with Crippen molar-refractivity contribution < 1.29 is 48.1 Å². The zero-order chi connectivity index (χ0) is 30.5. The summed E-state index contributed by atoms with van der Waals surface area (Å²) in [5, 5.41) is 21.3. The van der Waals surface area contributed by atoms with Crippen molar-refractivity contribution in [1.29, 1.82) is 0 Å². The lowest BCUT2D eigenvalue weighted by Crippen LogP contribution is -2.51. The van der Waals surface area contributed by atoms with Crippen molar-refractivity contribution in [1.82, 2.24) is 9.80 Å². The van der Waals surface area contributed by atoms with E-state index >= 15 is 0 Å². The fourth-order valence-electron chi connectivity index (χ4n) is 5.45. The van der Waals surface area contributed by atoms with E-state index in [-0.39, 0.29) is 30.3 Å². The summed E-state index contributed by atoms with van der Waals surface area (Å²) in [6, 6.07) is 0. The van der Waals surface area contributed by atoms with Gasteiger partial charge in [-0.3, -0.25) is 9.80 Å². The molecule has 0 saturated carbocycles. The van der Waals surface area contributed by atoms with E-state index in [2.05, 4.69) is 30.6 Å². The first kappa shape index (κ1) is 35.4. The van der Waals surface area contributed by atoms with E-state index in [1.165, 1.54) is 0 Å². The fraction of sp³-hybridized carbons (Fsp3) is 1.00. The fourth-order valence-corrected chi connectivity index (χ4v) is 5.45. The molecular formula is C31H58N2O10. The Hall–Kier alpha value is -0.480. The molecule has 0 aromatic carbocycles. The Labute approximate surface area is 258 Å². The van der Waals surface area contributed by atoms with Crippen molar-refractivity contribution in [3.63, 3.8) is 0 Å². The van der Waals surface area contributed by atoms with Gasteiger partial charge in [-0.1, -0.05) is 27.2 Å². The van der Waals surface area contributed by atoms with Gasteiger partial charge in [-0.25, -0.2) is 0 Å². The summed E-state index contributed by atoms with van der Waals surface area (Å²) in [7, 11) is 0. The molecule has 4 aliphatic rings. The first-order chi connectivity index (χ1) is 20.7. The maximum atomic E-state index is 10.8. The molecule has 252 valence electrons. The molecule has 0 aliphatic carbocycles. The molecule has 43 heavy (non-hydrogen) atoms. The van der Waals surface area contributed by atoms with E-state index < -0.39 is 17.6 Å². The zero-order valence-electron chi connectivity index (χ0n) is 26.8. The van der Waals surface area contributed by atoms with Crippen LogP contribution in [0.25, 0.3) is 0 Å². The molecule has 4 saturated heterocycles. The van der Waals surface area contributed by atoms with Gasteiger partial charge in [0.25, 0.3) is 0 Å². The summed E-state index contributed by atoms with van der Waals surface area (Å²) in [5.74, 6) is 0. The molecule has 4 heterocycles. The standard InChI is InChI=1S/C31H58N2O10/c1-4-5-30(2,3)20-36-12-25(34)10-32-6-8-33(9-7-32)11-26(35)13-37-21-31(22-38-14-27-17-41-27,23-39-15-28-18-42-28)24-40-16-29-19-43-29/h25-29,34-35H,4-24H2,1-3H3. The number of hydrogen-bond acceptors (Lipinski definition) is 12. The molecule has 0 amide bonds. The number of β-amino-alcohol motifs (C(OH)–C–C–N with tert-alkyl or cyclic N) is 2. The molecule has 0 aromatic heterocycles. The molecule has 0 bridgehead atoms. The number of aliphatic hydroxyl groups excluding tert-OH is 2. The summed E-state index contributed by atoms with van der Waals surface area (Å²) < 4.78 is 45.8. The molecule has 4 rings (SSSR count). The summed E-state index contributed by atoms with van der Waals surface area (Å²) in [6.45, 7) is 17.8. The van der Waals surface area contributed by atoms with Crippen LogP contribution in [-0.4, -0.2) is 176 Å². The van der Waals surface area contributed by atoms with Gasteiger partial charge in [0, 0.05) is 39.3 Å². The number of epoxide rings is 3. The van der Waals surface area contributed by atoms with Gasteiger partial charge in [0.1, 0.15) is 18.3 Å². The highest BCUT2D eigenvalue weighted by atomic mass is 16.6. The minimum Gasteiger partial charge on any atom is -0.389 e. The Bertz CT molecular complexity index is 711. The molecular weight excluding hydrogens is 560 g/mol. The van der Waals surface area contributed by atoms with Crippen molar-refractivity contribution in [2.45, 2.75) is 64.1 Å². The molecule has 0 aromatic rings. The van der Waals surface area contributed by atoms with Gasteiger partial charge in [-0.2, -0.15) is 0 Å². The Morgan fingerprint density at radius 3 is 1.40 bits per heavy atom. The highest BCUT2D eigenvalue weighted by molar-refractivity contribution is 4.83. The first-order valence-electron chi connectivity index (χ1n) is 16.3. The molecule has 2 N–H and O–H groups in total. The molecule has 12 heteroatoms. The summed E-state index contributed by atoms with van der Waals surface area (Å²) >= 11 is 0. The zero-order valence-corrected chi connectivity index (χ0v) is 26.8. The van der Waals surface area contributed by atoms with Crippen LogP contribution in [-0.2, 0) is 37.9 Å². The second-order valence-electron chi connectivity index (χ2n) is 13.8. The number of rotatable bonds is 26. The Kier molecular flexibility index (Phi) is 14.8. The van der Waals surface area contributed by atoms with Crippen molar-refractivity contribution in [3.05, 3.63) is 0 Å². The molecule has 0 radical (unpaired) electrons.